The first kappa shape index (κ1) is 12.3. The highest BCUT2D eigenvalue weighted by Crippen LogP contribution is 2.32. The lowest BCUT2D eigenvalue weighted by molar-refractivity contribution is 0.350. The topological polar surface area (TPSA) is 64.9 Å². The van der Waals surface area contributed by atoms with E-state index in [1.165, 1.54) is 12.1 Å². The summed E-state index contributed by atoms with van der Waals surface area (Å²) < 4.78 is 18.4. The summed E-state index contributed by atoms with van der Waals surface area (Å²) in [5.41, 5.74) is 6.72. The molecule has 0 bridgehead atoms. The molecule has 0 saturated heterocycles. The molecular formula is C14H16FN3O. The van der Waals surface area contributed by atoms with Crippen molar-refractivity contribution in [2.45, 2.75) is 37.6 Å². The van der Waals surface area contributed by atoms with Crippen molar-refractivity contribution in [3.63, 3.8) is 0 Å². The zero-order valence-electron chi connectivity index (χ0n) is 10.6. The molecule has 2 atom stereocenters. The molecule has 0 spiro atoms. The van der Waals surface area contributed by atoms with E-state index < -0.39 is 0 Å². The van der Waals surface area contributed by atoms with Crippen LogP contribution < -0.4 is 5.73 Å². The van der Waals surface area contributed by atoms with Crippen molar-refractivity contribution in [3.8, 4) is 0 Å². The van der Waals surface area contributed by atoms with Crippen LogP contribution in [0.25, 0.3) is 0 Å². The Balaban J connectivity index is 1.71. The van der Waals surface area contributed by atoms with Gasteiger partial charge in [0, 0.05) is 18.4 Å². The number of hydrogen-bond acceptors (Lipinski definition) is 4. The molecule has 0 radical (unpaired) electrons. The van der Waals surface area contributed by atoms with Crippen molar-refractivity contribution in [1.82, 2.24) is 10.1 Å². The lowest BCUT2D eigenvalue weighted by Crippen LogP contribution is -2.14. The van der Waals surface area contributed by atoms with Gasteiger partial charge in [0.25, 0.3) is 0 Å². The molecule has 1 fully saturated rings. The van der Waals surface area contributed by atoms with E-state index in [0.29, 0.717) is 18.1 Å². The van der Waals surface area contributed by atoms with Crippen molar-refractivity contribution in [1.29, 1.82) is 0 Å². The number of hydrogen-bond donors (Lipinski definition) is 1. The van der Waals surface area contributed by atoms with Gasteiger partial charge in [0.15, 0.2) is 5.82 Å². The van der Waals surface area contributed by atoms with Crippen LogP contribution in [0, 0.1) is 5.82 Å². The highest BCUT2D eigenvalue weighted by Gasteiger charge is 2.27. The molecule has 1 heterocycles. The Morgan fingerprint density at radius 3 is 3.00 bits per heavy atom. The van der Waals surface area contributed by atoms with Crippen LogP contribution in [0.3, 0.4) is 0 Å². The molecule has 1 aliphatic rings. The molecule has 2 N–H and O–H groups in total. The van der Waals surface area contributed by atoms with Gasteiger partial charge >= 0.3 is 0 Å². The molecule has 19 heavy (non-hydrogen) atoms. The minimum atomic E-state index is -0.247. The summed E-state index contributed by atoms with van der Waals surface area (Å²) in [6, 6.07) is 6.68. The van der Waals surface area contributed by atoms with Gasteiger partial charge in [-0.25, -0.2) is 4.39 Å². The summed E-state index contributed by atoms with van der Waals surface area (Å²) >= 11 is 0. The highest BCUT2D eigenvalue weighted by molar-refractivity contribution is 5.19. The molecule has 1 aromatic heterocycles. The minimum Gasteiger partial charge on any atom is -0.339 e. The zero-order valence-corrected chi connectivity index (χ0v) is 10.6. The largest absolute Gasteiger partial charge is 0.339 e. The van der Waals surface area contributed by atoms with Crippen molar-refractivity contribution < 1.29 is 8.91 Å². The van der Waals surface area contributed by atoms with Crippen molar-refractivity contribution in [2.75, 3.05) is 0 Å². The van der Waals surface area contributed by atoms with E-state index in [4.69, 9.17) is 10.3 Å². The average Bonchev–Trinajstić information content (AvgIpc) is 2.98. The first-order valence-corrected chi connectivity index (χ1v) is 6.53. The highest BCUT2D eigenvalue weighted by atomic mass is 19.1. The summed E-state index contributed by atoms with van der Waals surface area (Å²) in [5, 5.41) is 3.96. The van der Waals surface area contributed by atoms with Crippen LogP contribution in [0.15, 0.2) is 28.8 Å². The molecule has 1 saturated carbocycles. The molecule has 3 rings (SSSR count). The van der Waals surface area contributed by atoms with Crippen molar-refractivity contribution >= 4 is 0 Å². The van der Waals surface area contributed by atoms with Gasteiger partial charge in [0.05, 0.1) is 0 Å². The summed E-state index contributed by atoms with van der Waals surface area (Å²) in [5.74, 6) is 1.30. The van der Waals surface area contributed by atoms with Crippen LogP contribution in [-0.4, -0.2) is 16.2 Å². The summed E-state index contributed by atoms with van der Waals surface area (Å²) in [6.45, 7) is 0. The third-order valence-electron chi connectivity index (χ3n) is 3.56. The molecule has 4 nitrogen and oxygen atoms in total. The van der Waals surface area contributed by atoms with Gasteiger partial charge in [0.1, 0.15) is 5.82 Å². The maximum absolute atomic E-state index is 13.1. The van der Waals surface area contributed by atoms with Crippen LogP contribution in [0.5, 0.6) is 0 Å². The number of rotatable bonds is 3. The monoisotopic (exact) mass is 261 g/mol. The summed E-state index contributed by atoms with van der Waals surface area (Å²) in [7, 11) is 0. The van der Waals surface area contributed by atoms with Gasteiger partial charge in [-0.05, 0) is 37.0 Å². The Morgan fingerprint density at radius 1 is 1.37 bits per heavy atom. The molecule has 2 aromatic rings. The van der Waals surface area contributed by atoms with Gasteiger partial charge in [-0.2, -0.15) is 4.98 Å². The van der Waals surface area contributed by atoms with Gasteiger partial charge in [-0.3, -0.25) is 0 Å². The lowest BCUT2D eigenvalue weighted by Gasteiger charge is -2.01. The Hall–Kier alpha value is -1.75. The number of aromatic nitrogens is 2. The lowest BCUT2D eigenvalue weighted by atomic mass is 10.1. The minimum absolute atomic E-state index is 0.239. The Bertz CT molecular complexity index is 569. The van der Waals surface area contributed by atoms with Crippen molar-refractivity contribution in [3.05, 3.63) is 47.4 Å². The fourth-order valence-corrected chi connectivity index (χ4v) is 2.58. The Morgan fingerprint density at radius 2 is 2.26 bits per heavy atom. The summed E-state index contributed by atoms with van der Waals surface area (Å²) in [6.07, 6.45) is 3.40. The fraction of sp³-hybridized carbons (Fsp3) is 0.429. The maximum atomic E-state index is 13.1. The first-order chi connectivity index (χ1) is 9.20. The maximum Gasteiger partial charge on any atom is 0.229 e. The number of halogens is 1. The van der Waals surface area contributed by atoms with Gasteiger partial charge in [0.2, 0.25) is 5.89 Å². The molecule has 2 unspecified atom stereocenters. The molecular weight excluding hydrogens is 245 g/mol. The van der Waals surface area contributed by atoms with E-state index in [9.17, 15) is 4.39 Å². The van der Waals surface area contributed by atoms with E-state index >= 15 is 0 Å². The SMILES string of the molecule is NC1CCC(c2nc(Cc3cccc(F)c3)no2)C1. The number of benzene rings is 1. The second-order valence-electron chi connectivity index (χ2n) is 5.13. The molecule has 1 aromatic carbocycles. The second-order valence-corrected chi connectivity index (χ2v) is 5.13. The number of nitrogens with two attached hydrogens (primary N) is 1. The third-order valence-corrected chi connectivity index (χ3v) is 3.56. The summed E-state index contributed by atoms with van der Waals surface area (Å²) in [4.78, 5) is 4.40. The standard InChI is InChI=1S/C14H16FN3O/c15-11-3-1-2-9(6-11)7-13-17-14(19-18-13)10-4-5-12(16)8-10/h1-3,6,10,12H,4-5,7-8,16H2. The zero-order chi connectivity index (χ0) is 13.2. The Kier molecular flexibility index (Phi) is 3.29. The van der Waals surface area contributed by atoms with Crippen LogP contribution in [0.2, 0.25) is 0 Å². The van der Waals surface area contributed by atoms with Crippen molar-refractivity contribution in [2.24, 2.45) is 5.73 Å². The van der Waals surface area contributed by atoms with Gasteiger partial charge in [-0.15, -0.1) is 0 Å². The average molecular weight is 261 g/mol. The molecule has 0 amide bonds. The van der Waals surface area contributed by atoms with E-state index in [0.717, 1.165) is 24.8 Å². The fourth-order valence-electron chi connectivity index (χ4n) is 2.58. The predicted molar refractivity (Wildman–Crippen MR) is 68.1 cm³/mol. The van der Waals surface area contributed by atoms with Gasteiger partial charge in [-0.1, -0.05) is 17.3 Å². The normalized spacial score (nSPS) is 22.8. The second kappa shape index (κ2) is 5.09. The first-order valence-electron chi connectivity index (χ1n) is 6.53. The van der Waals surface area contributed by atoms with Crippen LogP contribution in [-0.2, 0) is 6.42 Å². The number of nitrogens with zero attached hydrogens (tertiary/aromatic N) is 2. The van der Waals surface area contributed by atoms with Crippen LogP contribution >= 0.6 is 0 Å². The third kappa shape index (κ3) is 2.81. The molecule has 100 valence electrons. The van der Waals surface area contributed by atoms with Crippen LogP contribution in [0.1, 0.15) is 42.5 Å². The Labute approximate surface area is 110 Å². The van der Waals surface area contributed by atoms with Gasteiger partial charge < -0.3 is 10.3 Å². The van der Waals surface area contributed by atoms with E-state index in [2.05, 4.69) is 10.1 Å². The van der Waals surface area contributed by atoms with E-state index in [1.807, 2.05) is 6.07 Å². The molecule has 5 heteroatoms. The molecule has 0 aliphatic heterocycles. The van der Waals surface area contributed by atoms with E-state index in [-0.39, 0.29) is 17.8 Å². The van der Waals surface area contributed by atoms with E-state index in [1.54, 1.807) is 6.07 Å². The quantitative estimate of drug-likeness (QED) is 0.921. The molecule has 1 aliphatic carbocycles. The van der Waals surface area contributed by atoms with Crippen LogP contribution in [0.4, 0.5) is 4.39 Å². The smallest absolute Gasteiger partial charge is 0.229 e. The predicted octanol–water partition coefficient (Wildman–Crippen LogP) is 2.39.